The second kappa shape index (κ2) is 5.92. The molecule has 3 rings (SSSR count). The van der Waals surface area contributed by atoms with E-state index in [2.05, 4.69) is 37.5 Å². The Balaban J connectivity index is 2.19. The molecule has 3 nitrogen and oxygen atoms in total. The molecule has 118 valence electrons. The third kappa shape index (κ3) is 2.50. The van der Waals surface area contributed by atoms with Crippen LogP contribution in [0.15, 0.2) is 12.1 Å². The van der Waals surface area contributed by atoms with Crippen molar-refractivity contribution in [2.24, 2.45) is 5.92 Å². The number of fused-ring (bicyclic) bond motifs is 1. The molecule has 0 fully saturated rings. The molecular weight excluding hydrogens is 294 g/mol. The van der Waals surface area contributed by atoms with Gasteiger partial charge in [-0.1, -0.05) is 6.92 Å². The minimum Gasteiger partial charge on any atom is -0.462 e. The lowest BCUT2D eigenvalue weighted by Gasteiger charge is -2.18. The zero-order valence-corrected chi connectivity index (χ0v) is 14.5. The van der Waals surface area contributed by atoms with Gasteiger partial charge in [-0.25, -0.2) is 4.79 Å². The van der Waals surface area contributed by atoms with Gasteiger partial charge in [-0.3, -0.25) is 0 Å². The zero-order chi connectivity index (χ0) is 15.9. The average molecular weight is 317 g/mol. The van der Waals surface area contributed by atoms with Gasteiger partial charge < -0.3 is 9.30 Å². The molecule has 0 amide bonds. The van der Waals surface area contributed by atoms with Gasteiger partial charge in [0.2, 0.25) is 0 Å². The Kier molecular flexibility index (Phi) is 4.13. The Morgan fingerprint density at radius 1 is 1.36 bits per heavy atom. The fourth-order valence-corrected chi connectivity index (χ4v) is 4.91. The van der Waals surface area contributed by atoms with Crippen molar-refractivity contribution < 1.29 is 9.53 Å². The summed E-state index contributed by atoms with van der Waals surface area (Å²) in [6.45, 7) is 8.75. The summed E-state index contributed by atoms with van der Waals surface area (Å²) in [6.07, 6.45) is 3.21. The van der Waals surface area contributed by atoms with E-state index in [0.717, 1.165) is 41.2 Å². The molecule has 0 spiro atoms. The van der Waals surface area contributed by atoms with Crippen LogP contribution in [0.5, 0.6) is 0 Å². The lowest BCUT2D eigenvalue weighted by atomic mass is 9.88. The molecule has 1 aliphatic rings. The molecule has 1 aliphatic carbocycles. The highest BCUT2D eigenvalue weighted by atomic mass is 32.1. The highest BCUT2D eigenvalue weighted by Crippen LogP contribution is 2.39. The molecule has 0 aliphatic heterocycles. The van der Waals surface area contributed by atoms with Crippen molar-refractivity contribution in [3.63, 3.8) is 0 Å². The topological polar surface area (TPSA) is 31.2 Å². The summed E-state index contributed by atoms with van der Waals surface area (Å²) in [7, 11) is 0. The lowest BCUT2D eigenvalue weighted by Crippen LogP contribution is -2.14. The number of nitrogens with zero attached hydrogens (tertiary/aromatic N) is 1. The molecule has 1 atom stereocenters. The van der Waals surface area contributed by atoms with Crippen LogP contribution in [0.25, 0.3) is 5.00 Å². The van der Waals surface area contributed by atoms with Crippen molar-refractivity contribution in [3.05, 3.63) is 39.5 Å². The summed E-state index contributed by atoms with van der Waals surface area (Å²) in [5.41, 5.74) is 4.35. The van der Waals surface area contributed by atoms with Gasteiger partial charge >= 0.3 is 5.97 Å². The van der Waals surface area contributed by atoms with Gasteiger partial charge in [0.25, 0.3) is 0 Å². The second-order valence-corrected chi connectivity index (χ2v) is 7.29. The van der Waals surface area contributed by atoms with Gasteiger partial charge in [-0.05, 0) is 63.6 Å². The molecule has 4 heteroatoms. The highest BCUT2D eigenvalue weighted by Gasteiger charge is 2.29. The smallest absolute Gasteiger partial charge is 0.341 e. The third-order valence-electron chi connectivity index (χ3n) is 4.45. The highest BCUT2D eigenvalue weighted by molar-refractivity contribution is 7.15. The number of ether oxygens (including phenoxy) is 1. The van der Waals surface area contributed by atoms with E-state index in [-0.39, 0.29) is 5.97 Å². The van der Waals surface area contributed by atoms with Crippen LogP contribution in [0.3, 0.4) is 0 Å². The molecular formula is C18H23NO2S. The van der Waals surface area contributed by atoms with Crippen LogP contribution in [0.4, 0.5) is 0 Å². The number of hydrogen-bond donors (Lipinski definition) is 0. The monoisotopic (exact) mass is 317 g/mol. The predicted molar refractivity (Wildman–Crippen MR) is 90.3 cm³/mol. The van der Waals surface area contributed by atoms with Crippen LogP contribution in [-0.4, -0.2) is 17.1 Å². The number of rotatable bonds is 3. The predicted octanol–water partition coefficient (Wildman–Crippen LogP) is 4.46. The van der Waals surface area contributed by atoms with Crippen molar-refractivity contribution in [2.45, 2.75) is 47.0 Å². The van der Waals surface area contributed by atoms with Crippen LogP contribution >= 0.6 is 11.3 Å². The second-order valence-electron chi connectivity index (χ2n) is 6.20. The molecule has 0 bridgehead atoms. The van der Waals surface area contributed by atoms with E-state index in [0.29, 0.717) is 12.5 Å². The van der Waals surface area contributed by atoms with Crippen molar-refractivity contribution in [3.8, 4) is 5.00 Å². The first-order valence-electron chi connectivity index (χ1n) is 7.99. The molecule has 2 aromatic rings. The van der Waals surface area contributed by atoms with Crippen LogP contribution in [0.2, 0.25) is 0 Å². The lowest BCUT2D eigenvalue weighted by molar-refractivity contribution is 0.0525. The molecule has 2 heterocycles. The summed E-state index contributed by atoms with van der Waals surface area (Å²) < 4.78 is 7.55. The maximum absolute atomic E-state index is 12.6. The standard InChI is InChI=1S/C18H23NO2S/c1-5-21-18(20)16-14-9-6-11(2)10-15(14)22-17(16)19-12(3)7-8-13(19)4/h7-8,11H,5-6,9-10H2,1-4H3/t11-/m1/s1. The Hall–Kier alpha value is -1.55. The number of thiophene rings is 1. The van der Waals surface area contributed by atoms with E-state index >= 15 is 0 Å². The number of aromatic nitrogens is 1. The van der Waals surface area contributed by atoms with E-state index in [1.54, 1.807) is 11.3 Å². The Bertz CT molecular complexity index is 691. The number of carbonyl (C=O) groups is 1. The van der Waals surface area contributed by atoms with E-state index < -0.39 is 0 Å². The van der Waals surface area contributed by atoms with Crippen molar-refractivity contribution in [1.82, 2.24) is 4.57 Å². The van der Waals surface area contributed by atoms with E-state index in [4.69, 9.17) is 4.74 Å². The number of hydrogen-bond acceptors (Lipinski definition) is 3. The van der Waals surface area contributed by atoms with E-state index in [1.165, 1.54) is 10.4 Å². The van der Waals surface area contributed by atoms with Crippen LogP contribution < -0.4 is 0 Å². The first kappa shape index (κ1) is 15.3. The van der Waals surface area contributed by atoms with Crippen molar-refractivity contribution in [1.29, 1.82) is 0 Å². The van der Waals surface area contributed by atoms with E-state index in [9.17, 15) is 4.79 Å². The maximum Gasteiger partial charge on any atom is 0.341 e. The molecule has 0 aromatic carbocycles. The number of esters is 1. The Morgan fingerprint density at radius 2 is 2.05 bits per heavy atom. The Morgan fingerprint density at radius 3 is 2.68 bits per heavy atom. The van der Waals surface area contributed by atoms with Crippen molar-refractivity contribution in [2.75, 3.05) is 6.61 Å². The van der Waals surface area contributed by atoms with Gasteiger partial charge in [-0.2, -0.15) is 0 Å². The minimum absolute atomic E-state index is 0.169. The largest absolute Gasteiger partial charge is 0.462 e. The van der Waals surface area contributed by atoms with Gasteiger partial charge in [0, 0.05) is 16.3 Å². The fraction of sp³-hybridized carbons (Fsp3) is 0.500. The van der Waals surface area contributed by atoms with Gasteiger partial charge in [0.15, 0.2) is 0 Å². The molecule has 22 heavy (non-hydrogen) atoms. The molecule has 0 unspecified atom stereocenters. The number of aryl methyl sites for hydroxylation is 2. The van der Waals surface area contributed by atoms with Gasteiger partial charge in [0.05, 0.1) is 12.2 Å². The summed E-state index contributed by atoms with van der Waals surface area (Å²) >= 11 is 1.77. The normalized spacial score (nSPS) is 17.4. The van der Waals surface area contributed by atoms with Gasteiger partial charge in [-0.15, -0.1) is 11.3 Å². The molecule has 0 saturated heterocycles. The van der Waals surface area contributed by atoms with E-state index in [1.807, 2.05) is 6.92 Å². The van der Waals surface area contributed by atoms with Crippen LogP contribution in [0, 0.1) is 19.8 Å². The first-order valence-corrected chi connectivity index (χ1v) is 8.81. The SMILES string of the molecule is CCOC(=O)c1c(-n2c(C)ccc2C)sc2c1CC[C@@H](C)C2. The van der Waals surface area contributed by atoms with Crippen LogP contribution in [-0.2, 0) is 17.6 Å². The maximum atomic E-state index is 12.6. The Labute approximate surface area is 135 Å². The summed E-state index contributed by atoms with van der Waals surface area (Å²) in [4.78, 5) is 13.9. The van der Waals surface area contributed by atoms with Crippen molar-refractivity contribution >= 4 is 17.3 Å². The average Bonchev–Trinajstić information content (AvgIpc) is 2.98. The molecule has 2 aromatic heterocycles. The molecule has 0 radical (unpaired) electrons. The first-order chi connectivity index (χ1) is 10.5. The molecule has 0 saturated carbocycles. The molecule has 0 N–H and O–H groups in total. The van der Waals surface area contributed by atoms with Gasteiger partial charge in [0.1, 0.15) is 5.00 Å². The zero-order valence-electron chi connectivity index (χ0n) is 13.7. The summed E-state index contributed by atoms with van der Waals surface area (Å²) in [5.74, 6) is 0.526. The number of carbonyl (C=O) groups excluding carboxylic acids is 1. The summed E-state index contributed by atoms with van der Waals surface area (Å²) in [5, 5.41) is 1.04. The summed E-state index contributed by atoms with van der Waals surface area (Å²) in [6, 6.07) is 4.21. The quantitative estimate of drug-likeness (QED) is 0.783. The fourth-order valence-electron chi connectivity index (χ4n) is 3.30. The third-order valence-corrected chi connectivity index (χ3v) is 5.69. The van der Waals surface area contributed by atoms with Crippen LogP contribution in [0.1, 0.15) is 52.5 Å². The minimum atomic E-state index is -0.169.